The van der Waals surface area contributed by atoms with E-state index in [1.807, 2.05) is 6.07 Å². The first-order chi connectivity index (χ1) is 16.0. The Morgan fingerprint density at radius 1 is 1.12 bits per heavy atom. The molecule has 0 fully saturated rings. The number of benzene rings is 2. The normalized spacial score (nSPS) is 10.7. The van der Waals surface area contributed by atoms with E-state index in [-0.39, 0.29) is 28.5 Å². The topological polar surface area (TPSA) is 110 Å². The van der Waals surface area contributed by atoms with E-state index in [9.17, 15) is 18.8 Å². The summed E-state index contributed by atoms with van der Waals surface area (Å²) in [5, 5.41) is 16.6. The molecule has 2 aromatic carbocycles. The van der Waals surface area contributed by atoms with Crippen molar-refractivity contribution in [1.29, 1.82) is 5.26 Å². The molecule has 0 saturated carbocycles. The first-order valence-electron chi connectivity index (χ1n) is 10.1. The Kier molecular flexibility index (Phi) is 6.17. The van der Waals surface area contributed by atoms with Gasteiger partial charge >= 0.3 is 0 Å². The monoisotopic (exact) mass is 447 g/mol. The van der Waals surface area contributed by atoms with Crippen molar-refractivity contribution in [2.75, 3.05) is 12.3 Å². The highest BCUT2D eigenvalue weighted by Gasteiger charge is 2.17. The van der Waals surface area contributed by atoms with E-state index in [0.29, 0.717) is 30.8 Å². The molecule has 1 amide bonds. The number of rotatable bonds is 7. The lowest BCUT2D eigenvalue weighted by Gasteiger charge is -2.03. The number of furan rings is 1. The third-order valence-corrected chi connectivity index (χ3v) is 5.02. The van der Waals surface area contributed by atoms with Crippen molar-refractivity contribution in [3.63, 3.8) is 0 Å². The van der Waals surface area contributed by atoms with Gasteiger partial charge in [0.25, 0.3) is 5.91 Å². The molecule has 0 spiro atoms. The molecule has 0 radical (unpaired) electrons. The Labute approximate surface area is 188 Å². The zero-order chi connectivity index (χ0) is 23.4. The molecule has 0 atom stereocenters. The van der Waals surface area contributed by atoms with E-state index in [0.717, 1.165) is 0 Å². The van der Waals surface area contributed by atoms with Crippen molar-refractivity contribution in [1.82, 2.24) is 15.1 Å². The number of carbonyl (C=O) groups is 1. The van der Waals surface area contributed by atoms with Gasteiger partial charge in [0.1, 0.15) is 34.8 Å². The van der Waals surface area contributed by atoms with Crippen LogP contribution in [0.3, 0.4) is 0 Å². The SMILES string of the molecule is N#Cc1c(CCCNC(=O)c2ccc(-c3ccccc3F)o2)nn(-c2ccc(F)cc2)c1N. The molecule has 0 aliphatic rings. The van der Waals surface area contributed by atoms with Crippen LogP contribution >= 0.6 is 0 Å². The van der Waals surface area contributed by atoms with E-state index in [1.165, 1.54) is 47.1 Å². The quantitative estimate of drug-likeness (QED) is 0.412. The Balaban J connectivity index is 1.37. The number of nitrogens with one attached hydrogen (secondary N) is 1. The average molecular weight is 447 g/mol. The highest BCUT2D eigenvalue weighted by molar-refractivity contribution is 5.92. The van der Waals surface area contributed by atoms with Crippen molar-refractivity contribution in [2.45, 2.75) is 12.8 Å². The highest BCUT2D eigenvalue weighted by Crippen LogP contribution is 2.25. The maximum absolute atomic E-state index is 13.9. The van der Waals surface area contributed by atoms with Gasteiger partial charge in [-0.2, -0.15) is 10.4 Å². The van der Waals surface area contributed by atoms with Crippen LogP contribution in [0.15, 0.2) is 65.1 Å². The zero-order valence-corrected chi connectivity index (χ0v) is 17.4. The molecule has 9 heteroatoms. The average Bonchev–Trinajstić information content (AvgIpc) is 3.42. The maximum Gasteiger partial charge on any atom is 0.287 e. The van der Waals surface area contributed by atoms with Crippen LogP contribution in [0.2, 0.25) is 0 Å². The van der Waals surface area contributed by atoms with Gasteiger partial charge in [-0.25, -0.2) is 13.5 Å². The van der Waals surface area contributed by atoms with Gasteiger partial charge < -0.3 is 15.5 Å². The number of nitrogen functional groups attached to an aromatic ring is 1. The summed E-state index contributed by atoms with van der Waals surface area (Å²) in [6.45, 7) is 0.294. The second-order valence-corrected chi connectivity index (χ2v) is 7.21. The standard InChI is InChI=1S/C24H19F2N5O2/c25-15-7-9-16(10-8-15)31-23(28)18(14-27)20(30-31)6-3-13-29-24(32)22-12-11-21(33-22)17-4-1-2-5-19(17)26/h1-2,4-5,7-12H,3,6,13,28H2,(H,29,32). The van der Waals surface area contributed by atoms with Crippen LogP contribution in [-0.2, 0) is 6.42 Å². The molecule has 166 valence electrons. The number of carbonyl (C=O) groups excluding carboxylic acids is 1. The summed E-state index contributed by atoms with van der Waals surface area (Å²) < 4.78 is 34.0. The van der Waals surface area contributed by atoms with Gasteiger partial charge in [-0.3, -0.25) is 4.79 Å². The van der Waals surface area contributed by atoms with Gasteiger partial charge in [0.2, 0.25) is 0 Å². The van der Waals surface area contributed by atoms with Gasteiger partial charge in [-0.05, 0) is 61.4 Å². The molecule has 0 unspecified atom stereocenters. The number of hydrogen-bond donors (Lipinski definition) is 2. The molecule has 33 heavy (non-hydrogen) atoms. The minimum absolute atomic E-state index is 0.0656. The predicted octanol–water partition coefficient (Wildman–Crippen LogP) is 4.23. The molecule has 0 aliphatic heterocycles. The summed E-state index contributed by atoms with van der Waals surface area (Å²) in [5.74, 6) is -0.770. The molecule has 4 rings (SSSR count). The lowest BCUT2D eigenvalue weighted by Crippen LogP contribution is -2.24. The Morgan fingerprint density at radius 3 is 2.61 bits per heavy atom. The molecule has 2 heterocycles. The lowest BCUT2D eigenvalue weighted by atomic mass is 10.1. The van der Waals surface area contributed by atoms with Crippen LogP contribution in [0.4, 0.5) is 14.6 Å². The fourth-order valence-electron chi connectivity index (χ4n) is 3.36. The number of amides is 1. The zero-order valence-electron chi connectivity index (χ0n) is 17.4. The number of aromatic nitrogens is 2. The number of nitriles is 1. The van der Waals surface area contributed by atoms with Crippen LogP contribution in [0.5, 0.6) is 0 Å². The van der Waals surface area contributed by atoms with Gasteiger partial charge in [0.15, 0.2) is 5.76 Å². The number of hydrogen-bond acceptors (Lipinski definition) is 5. The molecule has 4 aromatic rings. The fourth-order valence-corrected chi connectivity index (χ4v) is 3.36. The van der Waals surface area contributed by atoms with Crippen molar-refractivity contribution >= 4 is 11.7 Å². The summed E-state index contributed by atoms with van der Waals surface area (Å²) in [7, 11) is 0. The van der Waals surface area contributed by atoms with Crippen molar-refractivity contribution in [3.05, 3.63) is 89.3 Å². The maximum atomic E-state index is 13.9. The van der Waals surface area contributed by atoms with Crippen molar-refractivity contribution in [3.8, 4) is 23.1 Å². The molecular formula is C24H19F2N5O2. The van der Waals surface area contributed by atoms with E-state index in [1.54, 1.807) is 18.2 Å². The molecule has 2 aromatic heterocycles. The van der Waals surface area contributed by atoms with Crippen molar-refractivity contribution in [2.24, 2.45) is 0 Å². The Hall–Kier alpha value is -4.45. The van der Waals surface area contributed by atoms with E-state index in [2.05, 4.69) is 10.4 Å². The van der Waals surface area contributed by atoms with Crippen LogP contribution in [-0.4, -0.2) is 22.2 Å². The van der Waals surface area contributed by atoms with Gasteiger partial charge in [-0.1, -0.05) is 12.1 Å². The molecule has 3 N–H and O–H groups in total. The third kappa shape index (κ3) is 4.60. The minimum atomic E-state index is -0.438. The number of halogens is 2. The number of nitrogens with two attached hydrogens (primary N) is 1. The minimum Gasteiger partial charge on any atom is -0.451 e. The molecule has 7 nitrogen and oxygen atoms in total. The number of aryl methyl sites for hydroxylation is 1. The summed E-state index contributed by atoms with van der Waals surface area (Å²) in [5.41, 5.74) is 7.58. The fraction of sp³-hybridized carbons (Fsp3) is 0.125. The van der Waals surface area contributed by atoms with Gasteiger partial charge in [0.05, 0.1) is 16.9 Å². The van der Waals surface area contributed by atoms with E-state index in [4.69, 9.17) is 10.2 Å². The molecule has 0 bridgehead atoms. The Bertz CT molecular complexity index is 1340. The smallest absolute Gasteiger partial charge is 0.287 e. The molecular weight excluding hydrogens is 428 g/mol. The summed E-state index contributed by atoms with van der Waals surface area (Å²) in [4.78, 5) is 12.4. The Morgan fingerprint density at radius 2 is 1.88 bits per heavy atom. The van der Waals surface area contributed by atoms with Crippen LogP contribution in [0.25, 0.3) is 17.0 Å². The highest BCUT2D eigenvalue weighted by atomic mass is 19.1. The second-order valence-electron chi connectivity index (χ2n) is 7.21. The van der Waals surface area contributed by atoms with Gasteiger partial charge in [-0.15, -0.1) is 0 Å². The summed E-state index contributed by atoms with van der Waals surface area (Å²) in [6.07, 6.45) is 0.876. The molecule has 0 aliphatic carbocycles. The predicted molar refractivity (Wildman–Crippen MR) is 117 cm³/mol. The van der Waals surface area contributed by atoms with Crippen LogP contribution in [0, 0.1) is 23.0 Å². The van der Waals surface area contributed by atoms with Crippen LogP contribution in [0.1, 0.15) is 28.2 Å². The first kappa shape index (κ1) is 21.8. The van der Waals surface area contributed by atoms with Crippen LogP contribution < -0.4 is 11.1 Å². The lowest BCUT2D eigenvalue weighted by molar-refractivity contribution is 0.0926. The van der Waals surface area contributed by atoms with E-state index < -0.39 is 17.5 Å². The second kappa shape index (κ2) is 9.36. The third-order valence-electron chi connectivity index (χ3n) is 5.02. The number of anilines is 1. The largest absolute Gasteiger partial charge is 0.451 e. The van der Waals surface area contributed by atoms with E-state index >= 15 is 0 Å². The van der Waals surface area contributed by atoms with Crippen molar-refractivity contribution < 1.29 is 18.0 Å². The summed E-state index contributed by atoms with van der Waals surface area (Å²) >= 11 is 0. The summed E-state index contributed by atoms with van der Waals surface area (Å²) in [6, 6.07) is 16.8. The molecule has 0 saturated heterocycles. The van der Waals surface area contributed by atoms with Gasteiger partial charge in [0, 0.05) is 6.54 Å². The first-order valence-corrected chi connectivity index (χ1v) is 10.1. The number of nitrogens with zero attached hydrogens (tertiary/aromatic N) is 3.